The molecule has 1 aromatic rings. The van der Waals surface area contributed by atoms with E-state index >= 15 is 0 Å². The van der Waals surface area contributed by atoms with Crippen molar-refractivity contribution < 1.29 is 9.59 Å². The van der Waals surface area contributed by atoms with Crippen LogP contribution in [0.25, 0.3) is 0 Å². The molecule has 2 rings (SSSR count). The van der Waals surface area contributed by atoms with Gasteiger partial charge in [-0.2, -0.15) is 0 Å². The second kappa shape index (κ2) is 8.66. The van der Waals surface area contributed by atoms with E-state index in [-0.39, 0.29) is 17.4 Å². The molecule has 1 atom stereocenters. The van der Waals surface area contributed by atoms with Gasteiger partial charge in [0, 0.05) is 31.8 Å². The van der Waals surface area contributed by atoms with Crippen molar-refractivity contribution >= 4 is 17.5 Å². The summed E-state index contributed by atoms with van der Waals surface area (Å²) in [4.78, 5) is 38.4. The third kappa shape index (κ3) is 4.46. The Morgan fingerprint density at radius 3 is 2.71 bits per heavy atom. The molecule has 1 fully saturated rings. The highest BCUT2D eigenvalue weighted by Gasteiger charge is 2.31. The van der Waals surface area contributed by atoms with E-state index in [1.165, 1.54) is 6.07 Å². The zero-order valence-electron chi connectivity index (χ0n) is 14.6. The van der Waals surface area contributed by atoms with Gasteiger partial charge in [0.05, 0.1) is 5.69 Å². The third-order valence-electron chi connectivity index (χ3n) is 4.31. The number of aryl methyl sites for hydroxylation is 1. The Morgan fingerprint density at radius 2 is 2.00 bits per heavy atom. The third-order valence-corrected chi connectivity index (χ3v) is 4.31. The van der Waals surface area contributed by atoms with Gasteiger partial charge in [-0.1, -0.05) is 13.8 Å². The minimum atomic E-state index is -0.413. The van der Waals surface area contributed by atoms with Crippen molar-refractivity contribution in [3.63, 3.8) is 0 Å². The summed E-state index contributed by atoms with van der Waals surface area (Å²) in [5.74, 6) is -0.117. The minimum Gasteiger partial charge on any atom is -0.331 e. The number of hydrogen-bond acceptors (Lipinski definition) is 3. The van der Waals surface area contributed by atoms with Crippen LogP contribution in [0.5, 0.6) is 0 Å². The summed E-state index contributed by atoms with van der Waals surface area (Å²) in [5.41, 5.74) is 0.522. The summed E-state index contributed by atoms with van der Waals surface area (Å²) in [6.07, 6.45) is 6.36. The smallest absolute Gasteiger partial charge is 0.250 e. The standard InChI is InChI=1S/C18H27N3O3/c1-3-7-17(23)21-12-6-5-8-15(21)18(24)19-14-9-10-16(22)20(13-14)11-4-2/h9-10,13,15H,3-8,11-12H2,1-2H3,(H,19,24). The van der Waals surface area contributed by atoms with Crippen molar-refractivity contribution in [1.29, 1.82) is 0 Å². The van der Waals surface area contributed by atoms with E-state index < -0.39 is 6.04 Å². The molecule has 1 aromatic heterocycles. The normalized spacial score (nSPS) is 17.6. The zero-order chi connectivity index (χ0) is 17.5. The number of rotatable bonds is 6. The van der Waals surface area contributed by atoms with Gasteiger partial charge in [0.25, 0.3) is 5.56 Å². The molecular formula is C18H27N3O3. The number of hydrogen-bond donors (Lipinski definition) is 1. The highest BCUT2D eigenvalue weighted by molar-refractivity contribution is 5.97. The molecule has 1 aliphatic rings. The van der Waals surface area contributed by atoms with Crippen molar-refractivity contribution in [3.8, 4) is 0 Å². The zero-order valence-corrected chi connectivity index (χ0v) is 14.6. The largest absolute Gasteiger partial charge is 0.331 e. The molecule has 2 amide bonds. The van der Waals surface area contributed by atoms with Gasteiger partial charge in [-0.05, 0) is 38.2 Å². The van der Waals surface area contributed by atoms with Gasteiger partial charge < -0.3 is 14.8 Å². The van der Waals surface area contributed by atoms with Crippen LogP contribution in [-0.4, -0.2) is 33.9 Å². The topological polar surface area (TPSA) is 71.4 Å². The molecule has 1 saturated heterocycles. The number of piperidine rings is 1. The summed E-state index contributed by atoms with van der Waals surface area (Å²) in [5, 5.41) is 2.87. The molecule has 1 N–H and O–H groups in total. The lowest BCUT2D eigenvalue weighted by atomic mass is 10.0. The second-order valence-electron chi connectivity index (χ2n) is 6.29. The average molecular weight is 333 g/mol. The molecule has 1 unspecified atom stereocenters. The van der Waals surface area contributed by atoms with Crippen LogP contribution in [0.1, 0.15) is 52.4 Å². The maximum absolute atomic E-state index is 12.6. The van der Waals surface area contributed by atoms with Gasteiger partial charge in [-0.25, -0.2) is 0 Å². The van der Waals surface area contributed by atoms with Crippen LogP contribution in [-0.2, 0) is 16.1 Å². The first-order valence-corrected chi connectivity index (χ1v) is 8.87. The van der Waals surface area contributed by atoms with Crippen LogP contribution in [0.3, 0.4) is 0 Å². The summed E-state index contributed by atoms with van der Waals surface area (Å²) in [6, 6.07) is 2.67. The molecule has 6 heteroatoms. The number of carbonyl (C=O) groups excluding carboxylic acids is 2. The van der Waals surface area contributed by atoms with Crippen molar-refractivity contribution in [2.24, 2.45) is 0 Å². The van der Waals surface area contributed by atoms with Gasteiger partial charge in [0.15, 0.2) is 0 Å². The Hall–Kier alpha value is -2.11. The highest BCUT2D eigenvalue weighted by Crippen LogP contribution is 2.20. The second-order valence-corrected chi connectivity index (χ2v) is 6.29. The minimum absolute atomic E-state index is 0.0494. The Morgan fingerprint density at radius 1 is 1.21 bits per heavy atom. The van der Waals surface area contributed by atoms with E-state index in [4.69, 9.17) is 0 Å². The first kappa shape index (κ1) is 18.2. The van der Waals surface area contributed by atoms with Gasteiger partial charge in [-0.3, -0.25) is 14.4 Å². The Bertz CT molecular complexity index is 639. The molecule has 132 valence electrons. The fraction of sp³-hybridized carbons (Fsp3) is 0.611. The summed E-state index contributed by atoms with van der Waals surface area (Å²) in [6.45, 7) is 5.23. The van der Waals surface area contributed by atoms with E-state index in [9.17, 15) is 14.4 Å². The lowest BCUT2D eigenvalue weighted by Crippen LogP contribution is -2.50. The lowest BCUT2D eigenvalue weighted by molar-refractivity contribution is -0.140. The molecule has 0 aromatic carbocycles. The summed E-state index contributed by atoms with van der Waals surface area (Å²) < 4.78 is 1.59. The highest BCUT2D eigenvalue weighted by atomic mass is 16.2. The molecule has 24 heavy (non-hydrogen) atoms. The van der Waals surface area contributed by atoms with Crippen LogP contribution in [0, 0.1) is 0 Å². The first-order valence-electron chi connectivity index (χ1n) is 8.87. The molecule has 2 heterocycles. The number of aromatic nitrogens is 1. The van der Waals surface area contributed by atoms with Crippen LogP contribution in [0.2, 0.25) is 0 Å². The Labute approximate surface area is 142 Å². The molecule has 0 bridgehead atoms. The number of anilines is 1. The summed E-state index contributed by atoms with van der Waals surface area (Å²) in [7, 11) is 0. The molecule has 0 aliphatic carbocycles. The van der Waals surface area contributed by atoms with Gasteiger partial charge >= 0.3 is 0 Å². The Kier molecular flexibility index (Phi) is 6.58. The van der Waals surface area contributed by atoms with Gasteiger partial charge in [0.1, 0.15) is 6.04 Å². The summed E-state index contributed by atoms with van der Waals surface area (Å²) >= 11 is 0. The van der Waals surface area contributed by atoms with Crippen molar-refractivity contribution in [2.75, 3.05) is 11.9 Å². The van der Waals surface area contributed by atoms with E-state index in [1.54, 1.807) is 21.7 Å². The number of carbonyl (C=O) groups is 2. The van der Waals surface area contributed by atoms with Crippen LogP contribution in [0.15, 0.2) is 23.1 Å². The van der Waals surface area contributed by atoms with E-state index in [1.807, 2.05) is 13.8 Å². The molecule has 1 aliphatic heterocycles. The Balaban J connectivity index is 2.11. The van der Waals surface area contributed by atoms with E-state index in [0.717, 1.165) is 25.7 Å². The number of nitrogens with zero attached hydrogens (tertiary/aromatic N) is 2. The fourth-order valence-electron chi connectivity index (χ4n) is 3.11. The van der Waals surface area contributed by atoms with Crippen LogP contribution in [0.4, 0.5) is 5.69 Å². The number of amides is 2. The van der Waals surface area contributed by atoms with Crippen molar-refractivity contribution in [3.05, 3.63) is 28.7 Å². The SMILES string of the molecule is CCCC(=O)N1CCCCC1C(=O)Nc1ccc(=O)n(CCC)c1. The quantitative estimate of drug-likeness (QED) is 0.869. The predicted molar refractivity (Wildman–Crippen MR) is 93.9 cm³/mol. The van der Waals surface area contributed by atoms with Crippen LogP contribution >= 0.6 is 0 Å². The predicted octanol–water partition coefficient (Wildman–Crippen LogP) is 2.38. The van der Waals surface area contributed by atoms with E-state index in [2.05, 4.69) is 5.32 Å². The van der Waals surface area contributed by atoms with Crippen molar-refractivity contribution in [2.45, 2.75) is 65.0 Å². The first-order chi connectivity index (χ1) is 11.6. The molecule has 6 nitrogen and oxygen atoms in total. The fourth-order valence-corrected chi connectivity index (χ4v) is 3.11. The number of likely N-dealkylation sites (tertiary alicyclic amines) is 1. The molecule has 0 radical (unpaired) electrons. The number of pyridine rings is 1. The molecular weight excluding hydrogens is 306 g/mol. The van der Waals surface area contributed by atoms with E-state index in [0.29, 0.717) is 31.6 Å². The van der Waals surface area contributed by atoms with Crippen LogP contribution < -0.4 is 10.9 Å². The molecule has 0 spiro atoms. The van der Waals surface area contributed by atoms with Crippen molar-refractivity contribution in [1.82, 2.24) is 9.47 Å². The monoisotopic (exact) mass is 333 g/mol. The maximum Gasteiger partial charge on any atom is 0.250 e. The van der Waals surface area contributed by atoms with Gasteiger partial charge in [0.2, 0.25) is 11.8 Å². The number of nitrogens with one attached hydrogen (secondary N) is 1. The van der Waals surface area contributed by atoms with Gasteiger partial charge in [-0.15, -0.1) is 0 Å². The molecule has 0 saturated carbocycles. The maximum atomic E-state index is 12.6. The average Bonchev–Trinajstić information content (AvgIpc) is 2.58. The lowest BCUT2D eigenvalue weighted by Gasteiger charge is -2.34.